The summed E-state index contributed by atoms with van der Waals surface area (Å²) in [4.78, 5) is 5.24. The van der Waals surface area contributed by atoms with Crippen LogP contribution < -0.4 is 5.48 Å². The van der Waals surface area contributed by atoms with Crippen LogP contribution in [-0.4, -0.2) is 12.0 Å². The second-order valence-corrected chi connectivity index (χ2v) is 5.22. The van der Waals surface area contributed by atoms with E-state index in [2.05, 4.69) is 5.48 Å². The smallest absolute Gasteiger partial charge is 0.255 e. The molecule has 2 fully saturated rings. The summed E-state index contributed by atoms with van der Waals surface area (Å²) in [7, 11) is 0. The van der Waals surface area contributed by atoms with Crippen molar-refractivity contribution in [1.82, 2.24) is 5.48 Å². The van der Waals surface area contributed by atoms with Crippen LogP contribution in [0.4, 0.5) is 13.2 Å². The first-order valence-corrected chi connectivity index (χ1v) is 6.01. The van der Waals surface area contributed by atoms with E-state index in [4.69, 9.17) is 4.84 Å². The van der Waals surface area contributed by atoms with E-state index >= 15 is 0 Å². The summed E-state index contributed by atoms with van der Waals surface area (Å²) in [6.07, 6.45) is -0.451. The van der Waals surface area contributed by atoms with E-state index in [0.29, 0.717) is 6.42 Å². The van der Waals surface area contributed by atoms with Gasteiger partial charge in [-0.15, -0.1) is 0 Å². The van der Waals surface area contributed by atoms with Crippen LogP contribution in [0.1, 0.15) is 25.3 Å². The van der Waals surface area contributed by atoms with Crippen molar-refractivity contribution in [2.24, 2.45) is 5.92 Å². The molecule has 1 aromatic rings. The molecule has 1 aliphatic carbocycles. The van der Waals surface area contributed by atoms with E-state index in [1.54, 1.807) is 19.1 Å². The highest BCUT2D eigenvalue weighted by Crippen LogP contribution is 2.54. The Morgan fingerprint density at radius 2 is 2.06 bits per heavy atom. The summed E-state index contributed by atoms with van der Waals surface area (Å²) in [6, 6.07) is 6.00. The molecular formula is C13H14F3NO. The molecule has 1 saturated heterocycles. The van der Waals surface area contributed by atoms with Gasteiger partial charge in [0.1, 0.15) is 5.82 Å². The fourth-order valence-electron chi connectivity index (χ4n) is 3.22. The largest absolute Gasteiger partial charge is 0.297 e. The fraction of sp³-hybridized carbons (Fsp3) is 0.538. The van der Waals surface area contributed by atoms with Crippen molar-refractivity contribution in [2.45, 2.75) is 37.3 Å². The van der Waals surface area contributed by atoms with Crippen molar-refractivity contribution < 1.29 is 18.0 Å². The Bertz CT molecular complexity index is 479. The Kier molecular flexibility index (Phi) is 2.47. The van der Waals surface area contributed by atoms with Crippen molar-refractivity contribution >= 4 is 0 Å². The molecule has 3 rings (SSSR count). The first-order chi connectivity index (χ1) is 8.45. The molecule has 1 N–H and O–H groups in total. The number of hydrogen-bond donors (Lipinski definition) is 1. The second kappa shape index (κ2) is 3.71. The van der Waals surface area contributed by atoms with E-state index < -0.39 is 29.3 Å². The molecule has 0 unspecified atom stereocenters. The molecule has 0 aromatic heterocycles. The van der Waals surface area contributed by atoms with E-state index in [1.165, 1.54) is 12.1 Å². The van der Waals surface area contributed by atoms with Crippen molar-refractivity contribution in [3.8, 4) is 0 Å². The van der Waals surface area contributed by atoms with Crippen LogP contribution in [0, 0.1) is 11.7 Å². The highest BCUT2D eigenvalue weighted by Gasteiger charge is 2.63. The van der Waals surface area contributed by atoms with Crippen molar-refractivity contribution in [3.63, 3.8) is 0 Å². The SMILES string of the molecule is C[C@]1(c2ccccc2F)NO[C@@H]2CCC(F)(F)[C@@H]21. The molecule has 0 radical (unpaired) electrons. The molecule has 3 atom stereocenters. The van der Waals surface area contributed by atoms with Crippen molar-refractivity contribution in [2.75, 3.05) is 0 Å². The molecule has 18 heavy (non-hydrogen) atoms. The topological polar surface area (TPSA) is 21.3 Å². The molecule has 5 heteroatoms. The molecule has 0 bridgehead atoms. The van der Waals surface area contributed by atoms with E-state index in [1.807, 2.05) is 0 Å². The van der Waals surface area contributed by atoms with Crippen LogP contribution in [0.3, 0.4) is 0 Å². The number of alkyl halides is 2. The molecule has 1 heterocycles. The van der Waals surface area contributed by atoms with E-state index in [9.17, 15) is 13.2 Å². The predicted octanol–water partition coefficient (Wildman–Crippen LogP) is 2.99. The van der Waals surface area contributed by atoms with Gasteiger partial charge in [0, 0.05) is 12.0 Å². The summed E-state index contributed by atoms with van der Waals surface area (Å²) < 4.78 is 41.8. The maximum absolute atomic E-state index is 14.0. The third kappa shape index (κ3) is 1.50. The zero-order valence-corrected chi connectivity index (χ0v) is 9.92. The van der Waals surface area contributed by atoms with E-state index in [0.717, 1.165) is 0 Å². The Hall–Kier alpha value is -1.07. The van der Waals surface area contributed by atoms with Gasteiger partial charge in [-0.2, -0.15) is 5.48 Å². The standard InChI is InChI=1S/C13H14F3NO/c1-12(8-4-2-3-5-9(8)14)11-10(18-17-12)6-7-13(11,15)16/h2-5,10-11,17H,6-7H2,1H3/t10-,11+,12-/m1/s1. The third-order valence-corrected chi connectivity index (χ3v) is 4.07. The fourth-order valence-corrected chi connectivity index (χ4v) is 3.22. The number of fused-ring (bicyclic) bond motifs is 1. The lowest BCUT2D eigenvalue weighted by Gasteiger charge is -2.33. The first kappa shape index (κ1) is 12.0. The average Bonchev–Trinajstić information content (AvgIpc) is 2.81. The summed E-state index contributed by atoms with van der Waals surface area (Å²) in [5.41, 5.74) is 1.68. The average molecular weight is 257 g/mol. The Morgan fingerprint density at radius 1 is 1.33 bits per heavy atom. The van der Waals surface area contributed by atoms with Gasteiger partial charge < -0.3 is 0 Å². The Balaban J connectivity index is 2.08. The van der Waals surface area contributed by atoms with Crippen molar-refractivity contribution in [1.29, 1.82) is 0 Å². The molecule has 2 aliphatic rings. The molecule has 98 valence electrons. The molecule has 2 nitrogen and oxygen atoms in total. The number of hydroxylamine groups is 1. The minimum Gasteiger partial charge on any atom is -0.297 e. The minimum absolute atomic E-state index is 0.200. The van der Waals surface area contributed by atoms with Crippen LogP contribution in [0.25, 0.3) is 0 Å². The second-order valence-electron chi connectivity index (χ2n) is 5.22. The highest BCUT2D eigenvalue weighted by atomic mass is 19.3. The third-order valence-electron chi connectivity index (χ3n) is 4.07. The summed E-state index contributed by atoms with van der Waals surface area (Å²) >= 11 is 0. The van der Waals surface area contributed by atoms with Gasteiger partial charge in [-0.25, -0.2) is 13.2 Å². The molecule has 1 aliphatic heterocycles. The van der Waals surface area contributed by atoms with Gasteiger partial charge in [-0.1, -0.05) is 18.2 Å². The normalized spacial score (nSPS) is 37.8. The van der Waals surface area contributed by atoms with Gasteiger partial charge in [0.25, 0.3) is 5.92 Å². The van der Waals surface area contributed by atoms with Crippen LogP contribution in [0.2, 0.25) is 0 Å². The van der Waals surface area contributed by atoms with Crippen molar-refractivity contribution in [3.05, 3.63) is 35.6 Å². The zero-order chi connectivity index (χ0) is 13.0. The van der Waals surface area contributed by atoms with Crippen LogP contribution in [0.5, 0.6) is 0 Å². The lowest BCUT2D eigenvalue weighted by atomic mass is 9.77. The number of rotatable bonds is 1. The zero-order valence-electron chi connectivity index (χ0n) is 9.92. The number of hydrogen-bond acceptors (Lipinski definition) is 2. The van der Waals surface area contributed by atoms with Gasteiger partial charge in [0.05, 0.1) is 17.6 Å². The number of halogens is 3. The quantitative estimate of drug-likeness (QED) is 0.835. The van der Waals surface area contributed by atoms with Gasteiger partial charge in [-0.05, 0) is 19.4 Å². The highest BCUT2D eigenvalue weighted by molar-refractivity contribution is 5.29. The number of benzene rings is 1. The van der Waals surface area contributed by atoms with Gasteiger partial charge in [0.15, 0.2) is 0 Å². The Labute approximate surface area is 103 Å². The minimum atomic E-state index is -2.83. The summed E-state index contributed by atoms with van der Waals surface area (Å²) in [5, 5.41) is 0. The van der Waals surface area contributed by atoms with Crippen LogP contribution in [-0.2, 0) is 10.4 Å². The lowest BCUT2D eigenvalue weighted by molar-refractivity contribution is -0.0615. The monoisotopic (exact) mass is 257 g/mol. The van der Waals surface area contributed by atoms with Gasteiger partial charge >= 0.3 is 0 Å². The van der Waals surface area contributed by atoms with Crippen LogP contribution >= 0.6 is 0 Å². The molecule has 1 aromatic carbocycles. The number of nitrogens with one attached hydrogen (secondary N) is 1. The molecular weight excluding hydrogens is 243 g/mol. The maximum atomic E-state index is 14.0. The maximum Gasteiger partial charge on any atom is 0.255 e. The van der Waals surface area contributed by atoms with Crippen LogP contribution in [0.15, 0.2) is 24.3 Å². The lowest BCUT2D eigenvalue weighted by Crippen LogP contribution is -2.46. The molecule has 1 saturated carbocycles. The molecule has 0 spiro atoms. The van der Waals surface area contributed by atoms with Gasteiger partial charge in [-0.3, -0.25) is 4.84 Å². The first-order valence-electron chi connectivity index (χ1n) is 6.01. The summed E-state index contributed by atoms with van der Waals surface area (Å²) in [5.74, 6) is -4.34. The summed E-state index contributed by atoms with van der Waals surface area (Å²) in [6.45, 7) is 1.58. The van der Waals surface area contributed by atoms with Gasteiger partial charge in [0.2, 0.25) is 0 Å². The predicted molar refractivity (Wildman–Crippen MR) is 59.4 cm³/mol. The van der Waals surface area contributed by atoms with E-state index in [-0.39, 0.29) is 12.0 Å². The molecule has 0 amide bonds. The Morgan fingerprint density at radius 3 is 2.78 bits per heavy atom.